The van der Waals surface area contributed by atoms with Crippen molar-refractivity contribution in [1.82, 2.24) is 10.2 Å². The van der Waals surface area contributed by atoms with Crippen LogP contribution in [0.2, 0.25) is 5.02 Å². The second kappa shape index (κ2) is 8.18. The van der Waals surface area contributed by atoms with E-state index in [4.69, 9.17) is 16.0 Å². The minimum Gasteiger partial charge on any atom is -0.450 e. The predicted octanol–water partition coefficient (Wildman–Crippen LogP) is 6.41. The molecule has 0 saturated carbocycles. The van der Waals surface area contributed by atoms with Crippen molar-refractivity contribution in [2.75, 3.05) is 5.32 Å². The van der Waals surface area contributed by atoms with Crippen molar-refractivity contribution in [2.45, 2.75) is 30.9 Å². The molecule has 29 heavy (non-hydrogen) atoms. The molecule has 8 heteroatoms. The third kappa shape index (κ3) is 4.17. The van der Waals surface area contributed by atoms with Crippen molar-refractivity contribution < 1.29 is 9.21 Å². The van der Waals surface area contributed by atoms with E-state index >= 15 is 0 Å². The van der Waals surface area contributed by atoms with Crippen molar-refractivity contribution in [3.8, 4) is 0 Å². The number of aromatic nitrogens is 2. The molecule has 148 valence electrons. The first-order valence-corrected chi connectivity index (χ1v) is 11.1. The van der Waals surface area contributed by atoms with Gasteiger partial charge in [0.25, 0.3) is 5.91 Å². The Labute approximate surface area is 181 Å². The van der Waals surface area contributed by atoms with Crippen LogP contribution in [-0.2, 0) is 5.75 Å². The molecule has 2 aromatic heterocycles. The number of carbonyl (C=O) groups excluding carboxylic acids is 1. The average Bonchev–Trinajstić information content (AvgIpc) is 3.26. The first-order valence-electron chi connectivity index (χ1n) is 8.94. The van der Waals surface area contributed by atoms with Crippen LogP contribution in [0.25, 0.3) is 11.0 Å². The molecule has 2 aromatic carbocycles. The van der Waals surface area contributed by atoms with Crippen molar-refractivity contribution in [2.24, 2.45) is 0 Å². The highest BCUT2D eigenvalue weighted by atomic mass is 35.5. The fourth-order valence-corrected chi connectivity index (χ4v) is 5.15. The number of hydrogen-bond donors (Lipinski definition) is 1. The van der Waals surface area contributed by atoms with Gasteiger partial charge in [0.05, 0.1) is 0 Å². The van der Waals surface area contributed by atoms with Crippen LogP contribution in [-0.4, -0.2) is 16.1 Å². The second-order valence-electron chi connectivity index (χ2n) is 6.72. The number of rotatable bonds is 5. The average molecular weight is 444 g/mol. The highest BCUT2D eigenvalue weighted by Gasteiger charge is 2.20. The topological polar surface area (TPSA) is 68.0 Å². The number of nitrogens with zero attached hydrogens (tertiary/aromatic N) is 2. The van der Waals surface area contributed by atoms with Gasteiger partial charge in [-0.3, -0.25) is 10.1 Å². The van der Waals surface area contributed by atoms with Gasteiger partial charge in [0.1, 0.15) is 5.58 Å². The summed E-state index contributed by atoms with van der Waals surface area (Å²) < 4.78 is 6.63. The summed E-state index contributed by atoms with van der Waals surface area (Å²) in [6.07, 6.45) is 0. The maximum atomic E-state index is 12.7. The van der Waals surface area contributed by atoms with Crippen molar-refractivity contribution >= 4 is 56.7 Å². The summed E-state index contributed by atoms with van der Waals surface area (Å²) >= 11 is 9.04. The molecule has 0 aliphatic heterocycles. The Morgan fingerprint density at radius 2 is 2.00 bits per heavy atom. The number of thioether (sulfide) groups is 1. The van der Waals surface area contributed by atoms with E-state index in [1.165, 1.54) is 23.1 Å². The van der Waals surface area contributed by atoms with Crippen LogP contribution in [0.5, 0.6) is 0 Å². The lowest BCUT2D eigenvalue weighted by atomic mass is 10.1. The fraction of sp³-hybridized carbons (Fsp3) is 0.190. The Bertz CT molecular complexity index is 1220. The van der Waals surface area contributed by atoms with Gasteiger partial charge in [0, 0.05) is 21.7 Å². The van der Waals surface area contributed by atoms with Gasteiger partial charge in [-0.25, -0.2) is 0 Å². The molecule has 2 heterocycles. The second-order valence-corrected chi connectivity index (χ2v) is 9.33. The smallest absolute Gasteiger partial charge is 0.293 e. The van der Waals surface area contributed by atoms with E-state index in [0.717, 1.165) is 42.6 Å². The summed E-state index contributed by atoms with van der Waals surface area (Å²) in [6.45, 7) is 5.90. The van der Waals surface area contributed by atoms with Crippen LogP contribution in [0, 0.1) is 20.8 Å². The van der Waals surface area contributed by atoms with Crippen molar-refractivity contribution in [3.63, 3.8) is 0 Å². The number of aryl methyl sites for hydroxylation is 3. The molecule has 5 nitrogen and oxygen atoms in total. The molecule has 1 amide bonds. The van der Waals surface area contributed by atoms with Crippen molar-refractivity contribution in [1.29, 1.82) is 0 Å². The van der Waals surface area contributed by atoms with Gasteiger partial charge in [0.15, 0.2) is 10.1 Å². The van der Waals surface area contributed by atoms with Crippen LogP contribution in [0.1, 0.15) is 32.8 Å². The molecular formula is C21H18ClN3O2S2. The molecule has 0 saturated heterocycles. The van der Waals surface area contributed by atoms with E-state index in [0.29, 0.717) is 16.6 Å². The Morgan fingerprint density at radius 3 is 2.79 bits per heavy atom. The first kappa shape index (κ1) is 19.9. The lowest BCUT2D eigenvalue weighted by Crippen LogP contribution is -2.11. The van der Waals surface area contributed by atoms with Gasteiger partial charge in [-0.15, -0.1) is 10.2 Å². The molecule has 0 atom stereocenters. The predicted molar refractivity (Wildman–Crippen MR) is 119 cm³/mol. The highest BCUT2D eigenvalue weighted by Crippen LogP contribution is 2.32. The third-order valence-corrected chi connectivity index (χ3v) is 6.90. The quantitative estimate of drug-likeness (QED) is 0.285. The number of fused-ring (bicyclic) bond motifs is 1. The Kier molecular flexibility index (Phi) is 5.63. The van der Waals surface area contributed by atoms with E-state index in [1.54, 1.807) is 0 Å². The maximum absolute atomic E-state index is 12.7. The zero-order valence-electron chi connectivity index (χ0n) is 16.1. The molecule has 0 radical (unpaired) electrons. The Balaban J connectivity index is 1.48. The molecule has 4 aromatic rings. The molecule has 4 rings (SSSR count). The van der Waals surface area contributed by atoms with Crippen LogP contribution in [0.3, 0.4) is 0 Å². The number of benzene rings is 2. The molecule has 0 fully saturated rings. The van der Waals surface area contributed by atoms with Gasteiger partial charge in [-0.1, -0.05) is 59.0 Å². The monoisotopic (exact) mass is 443 g/mol. The molecule has 0 aliphatic carbocycles. The van der Waals surface area contributed by atoms with Crippen LogP contribution >= 0.6 is 34.7 Å². The molecular weight excluding hydrogens is 426 g/mol. The zero-order valence-corrected chi connectivity index (χ0v) is 18.5. The summed E-state index contributed by atoms with van der Waals surface area (Å²) in [4.78, 5) is 12.7. The van der Waals surface area contributed by atoms with Crippen LogP contribution in [0.4, 0.5) is 5.13 Å². The number of carbonyl (C=O) groups is 1. The summed E-state index contributed by atoms with van der Waals surface area (Å²) in [5.41, 5.74) is 4.74. The van der Waals surface area contributed by atoms with E-state index in [1.807, 2.05) is 57.2 Å². The van der Waals surface area contributed by atoms with E-state index in [-0.39, 0.29) is 5.91 Å². The van der Waals surface area contributed by atoms with E-state index in [9.17, 15) is 4.79 Å². The van der Waals surface area contributed by atoms with Gasteiger partial charge >= 0.3 is 0 Å². The standard InChI is InChI=1S/C21H18ClN3O2S2/c1-11-8-12(2)17-15(9-11)13(3)18(27-17)19(26)23-20-24-25-21(29-20)28-10-14-6-4-5-7-16(14)22/h4-9H,10H2,1-3H3,(H,23,24,26). The number of hydrogen-bond acceptors (Lipinski definition) is 6. The highest BCUT2D eigenvalue weighted by molar-refractivity contribution is 8.00. The first-order chi connectivity index (χ1) is 13.9. The lowest BCUT2D eigenvalue weighted by molar-refractivity contribution is 0.0998. The normalized spacial score (nSPS) is 11.2. The number of furan rings is 1. The molecule has 0 spiro atoms. The summed E-state index contributed by atoms with van der Waals surface area (Å²) in [7, 11) is 0. The summed E-state index contributed by atoms with van der Waals surface area (Å²) in [5, 5.41) is 13.1. The van der Waals surface area contributed by atoms with Crippen LogP contribution < -0.4 is 5.32 Å². The maximum Gasteiger partial charge on any atom is 0.293 e. The SMILES string of the molecule is Cc1cc(C)c2oc(C(=O)Nc3nnc(SCc4ccccc4Cl)s3)c(C)c2c1. The molecule has 0 aliphatic rings. The lowest BCUT2D eigenvalue weighted by Gasteiger charge is -2.00. The molecule has 0 unspecified atom stereocenters. The Morgan fingerprint density at radius 1 is 1.21 bits per heavy atom. The number of amides is 1. The van der Waals surface area contributed by atoms with E-state index < -0.39 is 0 Å². The van der Waals surface area contributed by atoms with E-state index in [2.05, 4.69) is 15.5 Å². The Hall–Kier alpha value is -2.35. The molecule has 1 N–H and O–H groups in total. The van der Waals surface area contributed by atoms with Gasteiger partial charge in [-0.2, -0.15) is 0 Å². The molecule has 0 bridgehead atoms. The summed E-state index contributed by atoms with van der Waals surface area (Å²) in [6, 6.07) is 11.8. The number of nitrogens with one attached hydrogen (secondary N) is 1. The van der Waals surface area contributed by atoms with Crippen molar-refractivity contribution in [3.05, 3.63) is 69.4 Å². The number of halogens is 1. The summed E-state index contributed by atoms with van der Waals surface area (Å²) in [5.74, 6) is 0.660. The largest absolute Gasteiger partial charge is 0.450 e. The minimum absolute atomic E-state index is 0.300. The number of anilines is 1. The third-order valence-electron chi connectivity index (χ3n) is 4.51. The minimum atomic E-state index is -0.324. The van der Waals surface area contributed by atoms with Gasteiger partial charge in [-0.05, 0) is 49.6 Å². The van der Waals surface area contributed by atoms with Crippen LogP contribution in [0.15, 0.2) is 45.2 Å². The zero-order chi connectivity index (χ0) is 20.5. The fourth-order valence-electron chi connectivity index (χ4n) is 3.11. The van der Waals surface area contributed by atoms with Gasteiger partial charge < -0.3 is 4.42 Å². The van der Waals surface area contributed by atoms with Gasteiger partial charge in [0.2, 0.25) is 5.13 Å².